The summed E-state index contributed by atoms with van der Waals surface area (Å²) < 4.78 is 5.35. The van der Waals surface area contributed by atoms with Crippen LogP contribution in [-0.2, 0) is 9.53 Å². The van der Waals surface area contributed by atoms with Crippen LogP contribution in [0.15, 0.2) is 29.3 Å². The summed E-state index contributed by atoms with van der Waals surface area (Å²) in [5, 5.41) is 9.25. The lowest BCUT2D eigenvalue weighted by molar-refractivity contribution is -0.136. The quantitative estimate of drug-likeness (QED) is 0.897. The van der Waals surface area contributed by atoms with Crippen LogP contribution in [0.2, 0.25) is 5.02 Å². The first-order valence-electron chi connectivity index (χ1n) is 5.32. The first-order valence-corrected chi connectivity index (χ1v) is 5.69. The zero-order valence-corrected chi connectivity index (χ0v) is 9.85. The number of benzene rings is 1. The number of halogens is 1. The molecule has 17 heavy (non-hydrogen) atoms. The standard InChI is InChI=1S/C12H12ClNO3/c13-9-3-1-8(2-4-9)10-7-17-11(14-10)5-6-12(15)16/h1-4,10H,5-7H2,(H,15,16). The molecule has 0 amide bonds. The molecule has 4 nitrogen and oxygen atoms in total. The Morgan fingerprint density at radius 3 is 2.82 bits per heavy atom. The fourth-order valence-electron chi connectivity index (χ4n) is 1.63. The smallest absolute Gasteiger partial charge is 0.303 e. The van der Waals surface area contributed by atoms with Gasteiger partial charge in [-0.15, -0.1) is 0 Å². The number of hydrogen-bond donors (Lipinski definition) is 1. The van der Waals surface area contributed by atoms with E-state index in [1.807, 2.05) is 24.3 Å². The van der Waals surface area contributed by atoms with Crippen molar-refractivity contribution in [2.75, 3.05) is 6.61 Å². The Balaban J connectivity index is 2.00. The Labute approximate surface area is 104 Å². The maximum Gasteiger partial charge on any atom is 0.303 e. The molecule has 1 aliphatic heterocycles. The number of carboxylic acid groups (broad SMARTS) is 1. The first kappa shape index (κ1) is 11.9. The van der Waals surface area contributed by atoms with Crippen molar-refractivity contribution in [3.8, 4) is 0 Å². The Morgan fingerprint density at radius 2 is 2.18 bits per heavy atom. The number of hydrogen-bond acceptors (Lipinski definition) is 3. The molecule has 1 aromatic carbocycles. The highest BCUT2D eigenvalue weighted by Gasteiger charge is 2.20. The summed E-state index contributed by atoms with van der Waals surface area (Å²) in [7, 11) is 0. The van der Waals surface area contributed by atoms with Gasteiger partial charge in [0.25, 0.3) is 0 Å². The van der Waals surface area contributed by atoms with Gasteiger partial charge in [0, 0.05) is 11.4 Å². The molecule has 1 atom stereocenters. The Kier molecular flexibility index (Phi) is 3.64. The molecule has 1 aliphatic rings. The SMILES string of the molecule is O=C(O)CCC1=NC(c2ccc(Cl)cc2)CO1. The van der Waals surface area contributed by atoms with Gasteiger partial charge in [-0.05, 0) is 17.7 Å². The van der Waals surface area contributed by atoms with E-state index in [1.165, 1.54) is 0 Å². The molecule has 0 saturated heterocycles. The van der Waals surface area contributed by atoms with Crippen LogP contribution in [0, 0.1) is 0 Å². The first-order chi connectivity index (χ1) is 8.15. The van der Waals surface area contributed by atoms with Crippen molar-refractivity contribution < 1.29 is 14.6 Å². The lowest BCUT2D eigenvalue weighted by atomic mass is 10.1. The molecule has 0 aromatic heterocycles. The number of ether oxygens (including phenoxy) is 1. The van der Waals surface area contributed by atoms with Crippen molar-refractivity contribution in [2.45, 2.75) is 18.9 Å². The largest absolute Gasteiger partial charge is 0.481 e. The summed E-state index contributed by atoms with van der Waals surface area (Å²) in [6, 6.07) is 7.37. The second kappa shape index (κ2) is 5.19. The second-order valence-corrected chi connectivity index (χ2v) is 4.23. The Bertz CT molecular complexity index is 442. The number of nitrogens with zero attached hydrogens (tertiary/aromatic N) is 1. The average Bonchev–Trinajstić information content (AvgIpc) is 2.76. The zero-order valence-electron chi connectivity index (χ0n) is 9.10. The van der Waals surface area contributed by atoms with Crippen LogP contribution in [0.3, 0.4) is 0 Å². The third-order valence-corrected chi connectivity index (χ3v) is 2.77. The maximum atomic E-state index is 10.4. The molecular weight excluding hydrogens is 242 g/mol. The third kappa shape index (κ3) is 3.20. The van der Waals surface area contributed by atoms with E-state index >= 15 is 0 Å². The highest BCUT2D eigenvalue weighted by Crippen LogP contribution is 2.25. The lowest BCUT2D eigenvalue weighted by Crippen LogP contribution is -2.03. The van der Waals surface area contributed by atoms with Crippen LogP contribution in [0.4, 0.5) is 0 Å². The topological polar surface area (TPSA) is 58.9 Å². The van der Waals surface area contributed by atoms with E-state index in [1.54, 1.807) is 0 Å². The van der Waals surface area contributed by atoms with Crippen LogP contribution in [0.5, 0.6) is 0 Å². The molecule has 0 spiro atoms. The molecule has 0 bridgehead atoms. The fraction of sp³-hybridized carbons (Fsp3) is 0.333. The molecule has 1 aromatic rings. The predicted molar refractivity (Wildman–Crippen MR) is 64.4 cm³/mol. The summed E-state index contributed by atoms with van der Waals surface area (Å²) in [5.41, 5.74) is 1.03. The summed E-state index contributed by atoms with van der Waals surface area (Å²) in [5.74, 6) is -0.321. The van der Waals surface area contributed by atoms with Crippen molar-refractivity contribution >= 4 is 23.5 Å². The molecule has 1 unspecified atom stereocenters. The van der Waals surface area contributed by atoms with E-state index in [4.69, 9.17) is 21.4 Å². The van der Waals surface area contributed by atoms with E-state index < -0.39 is 5.97 Å². The van der Waals surface area contributed by atoms with Gasteiger partial charge in [0.05, 0.1) is 6.42 Å². The van der Waals surface area contributed by atoms with E-state index in [0.29, 0.717) is 23.9 Å². The molecule has 2 rings (SSSR count). The number of carboxylic acids is 1. The predicted octanol–water partition coefficient (Wildman–Crippen LogP) is 2.67. The number of aliphatic carboxylic acids is 1. The van der Waals surface area contributed by atoms with Gasteiger partial charge < -0.3 is 9.84 Å². The van der Waals surface area contributed by atoms with Crippen molar-refractivity contribution in [2.24, 2.45) is 4.99 Å². The van der Waals surface area contributed by atoms with Gasteiger partial charge in [-0.25, -0.2) is 4.99 Å². The Hall–Kier alpha value is -1.55. The molecule has 1 heterocycles. The van der Waals surface area contributed by atoms with Gasteiger partial charge >= 0.3 is 5.97 Å². The molecule has 0 fully saturated rings. The third-order valence-electron chi connectivity index (χ3n) is 2.52. The highest BCUT2D eigenvalue weighted by atomic mass is 35.5. The van der Waals surface area contributed by atoms with Gasteiger partial charge in [-0.2, -0.15) is 0 Å². The van der Waals surface area contributed by atoms with Crippen molar-refractivity contribution in [3.63, 3.8) is 0 Å². The van der Waals surface area contributed by atoms with Crippen LogP contribution in [0.25, 0.3) is 0 Å². The van der Waals surface area contributed by atoms with Gasteiger partial charge in [0.1, 0.15) is 12.6 Å². The van der Waals surface area contributed by atoms with E-state index in [9.17, 15) is 4.79 Å². The van der Waals surface area contributed by atoms with Crippen molar-refractivity contribution in [1.29, 1.82) is 0 Å². The summed E-state index contributed by atoms with van der Waals surface area (Å²) >= 11 is 5.80. The number of aliphatic imine (C=N–C) groups is 1. The maximum absolute atomic E-state index is 10.4. The normalized spacial score (nSPS) is 18.6. The van der Waals surface area contributed by atoms with Gasteiger partial charge in [0.2, 0.25) is 0 Å². The van der Waals surface area contributed by atoms with E-state index in [0.717, 1.165) is 5.56 Å². The monoisotopic (exact) mass is 253 g/mol. The van der Waals surface area contributed by atoms with Crippen molar-refractivity contribution in [1.82, 2.24) is 0 Å². The summed E-state index contributed by atoms with van der Waals surface area (Å²) in [4.78, 5) is 14.8. The summed E-state index contributed by atoms with van der Waals surface area (Å²) in [6.45, 7) is 0.469. The van der Waals surface area contributed by atoms with Crippen LogP contribution < -0.4 is 0 Å². The molecule has 1 N–H and O–H groups in total. The second-order valence-electron chi connectivity index (χ2n) is 3.79. The molecule has 0 saturated carbocycles. The van der Waals surface area contributed by atoms with E-state index in [2.05, 4.69) is 4.99 Å². The molecule has 0 aliphatic carbocycles. The highest BCUT2D eigenvalue weighted by molar-refractivity contribution is 6.30. The van der Waals surface area contributed by atoms with Crippen LogP contribution in [-0.4, -0.2) is 23.6 Å². The van der Waals surface area contributed by atoms with E-state index in [-0.39, 0.29) is 12.5 Å². The van der Waals surface area contributed by atoms with Crippen LogP contribution in [0.1, 0.15) is 24.4 Å². The zero-order chi connectivity index (χ0) is 12.3. The Morgan fingerprint density at radius 1 is 1.47 bits per heavy atom. The number of rotatable bonds is 4. The van der Waals surface area contributed by atoms with Gasteiger partial charge in [-0.3, -0.25) is 4.79 Å². The minimum absolute atomic E-state index is 0.0453. The van der Waals surface area contributed by atoms with Crippen molar-refractivity contribution in [3.05, 3.63) is 34.9 Å². The number of carbonyl (C=O) groups is 1. The van der Waals surface area contributed by atoms with Gasteiger partial charge in [-0.1, -0.05) is 23.7 Å². The molecule has 90 valence electrons. The lowest BCUT2D eigenvalue weighted by Gasteiger charge is -2.04. The minimum atomic E-state index is -0.841. The summed E-state index contributed by atoms with van der Waals surface area (Å²) in [6.07, 6.45) is 0.394. The molecular formula is C12H12ClNO3. The molecule has 0 radical (unpaired) electrons. The fourth-order valence-corrected chi connectivity index (χ4v) is 1.76. The van der Waals surface area contributed by atoms with Gasteiger partial charge in [0.15, 0.2) is 5.90 Å². The van der Waals surface area contributed by atoms with Crippen LogP contribution >= 0.6 is 11.6 Å². The average molecular weight is 254 g/mol. The minimum Gasteiger partial charge on any atom is -0.481 e. The molecule has 5 heteroatoms.